The molecule has 0 aliphatic carbocycles. The highest BCUT2D eigenvalue weighted by Crippen LogP contribution is 2.17. The average Bonchev–Trinajstić information content (AvgIpc) is 2.37. The maximum Gasteiger partial charge on any atom is 0.354 e. The molecule has 0 heterocycles. The Bertz CT molecular complexity index is 484. The normalized spacial score (nSPS) is 11.9. The highest BCUT2D eigenvalue weighted by atomic mass is 16.5. The third-order valence-electron chi connectivity index (χ3n) is 2.47. The molecule has 0 amide bonds. The molecular formula is C15H19NO3. The van der Waals surface area contributed by atoms with E-state index in [1.165, 1.54) is 13.2 Å². The van der Waals surface area contributed by atoms with Crippen molar-refractivity contribution in [2.45, 2.75) is 20.8 Å². The van der Waals surface area contributed by atoms with E-state index >= 15 is 0 Å². The molecule has 1 aromatic carbocycles. The largest absolute Gasteiger partial charge is 0.464 e. The van der Waals surface area contributed by atoms with Gasteiger partial charge in [-0.1, -0.05) is 39.0 Å². The molecule has 1 aromatic rings. The first-order valence-electron chi connectivity index (χ1n) is 6.01. The van der Waals surface area contributed by atoms with Gasteiger partial charge in [0.25, 0.3) is 0 Å². The van der Waals surface area contributed by atoms with E-state index in [0.717, 1.165) is 5.69 Å². The molecule has 1 rings (SSSR count). The number of nitrogens with one attached hydrogen (secondary N) is 1. The van der Waals surface area contributed by atoms with Crippen LogP contribution in [-0.4, -0.2) is 18.9 Å². The van der Waals surface area contributed by atoms with Crippen LogP contribution in [0.3, 0.4) is 0 Å². The number of ketones is 1. The monoisotopic (exact) mass is 261 g/mol. The van der Waals surface area contributed by atoms with Crippen LogP contribution in [0.25, 0.3) is 0 Å². The highest BCUT2D eigenvalue weighted by molar-refractivity contribution is 6.03. The van der Waals surface area contributed by atoms with Crippen molar-refractivity contribution in [3.05, 3.63) is 42.1 Å². The van der Waals surface area contributed by atoms with Gasteiger partial charge in [0.2, 0.25) is 0 Å². The number of allylic oxidation sites excluding steroid dienone is 1. The number of carbonyl (C=O) groups is 2. The number of carbonyl (C=O) groups excluding carboxylic acids is 2. The summed E-state index contributed by atoms with van der Waals surface area (Å²) in [7, 11) is 1.28. The second kappa shape index (κ2) is 6.18. The molecule has 0 fully saturated rings. The third-order valence-corrected chi connectivity index (χ3v) is 2.47. The molecule has 0 aliphatic rings. The summed E-state index contributed by atoms with van der Waals surface area (Å²) < 4.78 is 4.68. The number of hydrogen-bond donors (Lipinski definition) is 1. The fraction of sp³-hybridized carbons (Fsp3) is 0.333. The Morgan fingerprint density at radius 2 is 1.74 bits per heavy atom. The molecule has 4 heteroatoms. The number of para-hydroxylation sites is 1. The third kappa shape index (κ3) is 4.58. The van der Waals surface area contributed by atoms with Crippen molar-refractivity contribution in [3.63, 3.8) is 0 Å². The van der Waals surface area contributed by atoms with Gasteiger partial charge in [-0.25, -0.2) is 4.79 Å². The minimum atomic E-state index is -0.568. The van der Waals surface area contributed by atoms with E-state index in [1.807, 2.05) is 18.2 Å². The van der Waals surface area contributed by atoms with Gasteiger partial charge in [0.15, 0.2) is 5.78 Å². The Kier molecular flexibility index (Phi) is 4.87. The van der Waals surface area contributed by atoms with Crippen LogP contribution in [0.1, 0.15) is 20.8 Å². The van der Waals surface area contributed by atoms with Crippen LogP contribution in [0.5, 0.6) is 0 Å². The zero-order chi connectivity index (χ0) is 14.5. The zero-order valence-electron chi connectivity index (χ0n) is 11.7. The van der Waals surface area contributed by atoms with Crippen molar-refractivity contribution in [2.24, 2.45) is 5.41 Å². The van der Waals surface area contributed by atoms with Gasteiger partial charge in [0, 0.05) is 17.2 Å². The number of benzene rings is 1. The minimum Gasteiger partial charge on any atom is -0.464 e. The summed E-state index contributed by atoms with van der Waals surface area (Å²) in [6, 6.07) is 9.15. The van der Waals surface area contributed by atoms with Crippen LogP contribution in [0, 0.1) is 5.41 Å². The lowest BCUT2D eigenvalue weighted by atomic mass is 9.90. The number of hydrogen-bond acceptors (Lipinski definition) is 4. The maximum atomic E-state index is 12.0. The van der Waals surface area contributed by atoms with Crippen molar-refractivity contribution >= 4 is 17.4 Å². The molecular weight excluding hydrogens is 242 g/mol. The van der Waals surface area contributed by atoms with Gasteiger partial charge >= 0.3 is 5.97 Å². The van der Waals surface area contributed by atoms with Crippen LogP contribution >= 0.6 is 0 Å². The van der Waals surface area contributed by atoms with E-state index in [-0.39, 0.29) is 11.5 Å². The number of anilines is 1. The van der Waals surface area contributed by atoms with E-state index in [9.17, 15) is 9.59 Å². The minimum absolute atomic E-state index is 0.133. The fourth-order valence-electron chi connectivity index (χ4n) is 1.28. The lowest BCUT2D eigenvalue weighted by molar-refractivity contribution is -0.136. The van der Waals surface area contributed by atoms with Crippen molar-refractivity contribution in [1.29, 1.82) is 0 Å². The second-order valence-electron chi connectivity index (χ2n) is 5.15. The van der Waals surface area contributed by atoms with Crippen LogP contribution in [0.2, 0.25) is 0 Å². The molecule has 4 nitrogen and oxygen atoms in total. The predicted octanol–water partition coefficient (Wildman–Crippen LogP) is 2.77. The molecule has 0 saturated heterocycles. The Labute approximate surface area is 113 Å². The van der Waals surface area contributed by atoms with Crippen LogP contribution in [0.15, 0.2) is 42.1 Å². The summed E-state index contributed by atoms with van der Waals surface area (Å²) in [5.41, 5.74) is 0.312. The first kappa shape index (κ1) is 15.0. The van der Waals surface area contributed by atoms with E-state index in [4.69, 9.17) is 0 Å². The second-order valence-corrected chi connectivity index (χ2v) is 5.15. The molecule has 102 valence electrons. The highest BCUT2D eigenvalue weighted by Gasteiger charge is 2.22. The maximum absolute atomic E-state index is 12.0. The molecule has 1 N–H and O–H groups in total. The van der Waals surface area contributed by atoms with Crippen molar-refractivity contribution in [1.82, 2.24) is 0 Å². The number of ether oxygens (including phenoxy) is 1. The molecule has 0 saturated carbocycles. The van der Waals surface area contributed by atoms with E-state index in [1.54, 1.807) is 32.9 Å². The first-order chi connectivity index (χ1) is 8.84. The SMILES string of the molecule is COC(=O)C(=CC(=O)C(C)(C)C)Nc1ccccc1. The predicted molar refractivity (Wildman–Crippen MR) is 74.6 cm³/mol. The average molecular weight is 261 g/mol. The first-order valence-corrected chi connectivity index (χ1v) is 6.01. The molecule has 19 heavy (non-hydrogen) atoms. The van der Waals surface area contributed by atoms with E-state index < -0.39 is 11.4 Å². The van der Waals surface area contributed by atoms with Gasteiger partial charge in [-0.05, 0) is 12.1 Å². The summed E-state index contributed by atoms with van der Waals surface area (Å²) in [6.07, 6.45) is 1.29. The van der Waals surface area contributed by atoms with Gasteiger partial charge in [-0.3, -0.25) is 4.79 Å². The van der Waals surface area contributed by atoms with Gasteiger partial charge in [-0.15, -0.1) is 0 Å². The van der Waals surface area contributed by atoms with E-state index in [2.05, 4.69) is 10.1 Å². The zero-order valence-corrected chi connectivity index (χ0v) is 11.7. The Hall–Kier alpha value is -2.10. The van der Waals surface area contributed by atoms with E-state index in [0.29, 0.717) is 0 Å². The Morgan fingerprint density at radius 3 is 2.21 bits per heavy atom. The van der Waals surface area contributed by atoms with Crippen LogP contribution in [0.4, 0.5) is 5.69 Å². The fourth-order valence-corrected chi connectivity index (χ4v) is 1.28. The quantitative estimate of drug-likeness (QED) is 0.669. The molecule has 0 bridgehead atoms. The summed E-state index contributed by atoms with van der Waals surface area (Å²) in [5.74, 6) is -0.710. The summed E-state index contributed by atoms with van der Waals surface area (Å²) in [4.78, 5) is 23.6. The van der Waals surface area contributed by atoms with Gasteiger partial charge in [0.1, 0.15) is 5.70 Å². The number of rotatable bonds is 4. The topological polar surface area (TPSA) is 55.4 Å². The molecule has 0 radical (unpaired) electrons. The molecule has 0 unspecified atom stereocenters. The summed E-state index contributed by atoms with van der Waals surface area (Å²) >= 11 is 0. The Morgan fingerprint density at radius 1 is 1.16 bits per heavy atom. The smallest absolute Gasteiger partial charge is 0.354 e. The van der Waals surface area contributed by atoms with Gasteiger partial charge in [-0.2, -0.15) is 0 Å². The van der Waals surface area contributed by atoms with Crippen LogP contribution in [-0.2, 0) is 14.3 Å². The van der Waals surface area contributed by atoms with Crippen molar-refractivity contribution in [3.8, 4) is 0 Å². The van der Waals surface area contributed by atoms with Gasteiger partial charge < -0.3 is 10.1 Å². The number of esters is 1. The molecule has 0 aliphatic heterocycles. The molecule has 0 spiro atoms. The van der Waals surface area contributed by atoms with Crippen molar-refractivity contribution < 1.29 is 14.3 Å². The van der Waals surface area contributed by atoms with Crippen molar-refractivity contribution in [2.75, 3.05) is 12.4 Å². The molecule has 0 aromatic heterocycles. The standard InChI is InChI=1S/C15H19NO3/c1-15(2,3)13(17)10-12(14(18)19-4)16-11-8-6-5-7-9-11/h5-10,16H,1-4H3. The van der Waals surface area contributed by atoms with Crippen LogP contribution < -0.4 is 5.32 Å². The lowest BCUT2D eigenvalue weighted by Crippen LogP contribution is -2.22. The molecule has 0 atom stereocenters. The van der Waals surface area contributed by atoms with Gasteiger partial charge in [0.05, 0.1) is 7.11 Å². The Balaban J connectivity index is 3.00. The lowest BCUT2D eigenvalue weighted by Gasteiger charge is -2.15. The summed E-state index contributed by atoms with van der Waals surface area (Å²) in [6.45, 7) is 5.38. The summed E-state index contributed by atoms with van der Waals surface area (Å²) in [5, 5.41) is 2.90. The number of methoxy groups -OCH3 is 1.